The van der Waals surface area contributed by atoms with Crippen molar-refractivity contribution in [3.8, 4) is 0 Å². The Morgan fingerprint density at radius 2 is 1.90 bits per heavy atom. The van der Waals surface area contributed by atoms with Gasteiger partial charge in [-0.2, -0.15) is 0 Å². The maximum Gasteiger partial charge on any atom is 0.254 e. The molecule has 0 radical (unpaired) electrons. The Morgan fingerprint density at radius 1 is 1.15 bits per heavy atom. The number of benzene rings is 2. The lowest BCUT2D eigenvalue weighted by molar-refractivity contribution is 0.0952. The molecule has 0 saturated heterocycles. The minimum Gasteiger partial charge on any atom is -0.351 e. The van der Waals surface area contributed by atoms with Crippen LogP contribution in [0.4, 0.5) is 4.39 Å². The summed E-state index contributed by atoms with van der Waals surface area (Å²) in [4.78, 5) is 13.0. The number of hydrogen-bond donors (Lipinski definition) is 1. The van der Waals surface area contributed by atoms with Crippen molar-refractivity contribution >= 4 is 33.6 Å². The maximum atomic E-state index is 13.7. The van der Waals surface area contributed by atoms with Crippen molar-refractivity contribution in [2.75, 3.05) is 12.3 Å². The number of carbonyl (C=O) groups is 1. The van der Waals surface area contributed by atoms with Gasteiger partial charge in [-0.05, 0) is 40.2 Å². The number of carbonyl (C=O) groups excluding carboxylic acids is 1. The fourth-order valence-electron chi connectivity index (χ4n) is 1.62. The largest absolute Gasteiger partial charge is 0.351 e. The van der Waals surface area contributed by atoms with Gasteiger partial charge in [0.2, 0.25) is 0 Å². The van der Waals surface area contributed by atoms with Gasteiger partial charge in [-0.25, -0.2) is 4.39 Å². The molecular weight excluding hydrogens is 341 g/mol. The van der Waals surface area contributed by atoms with Gasteiger partial charge in [-0.1, -0.05) is 24.3 Å². The molecule has 0 aliphatic heterocycles. The van der Waals surface area contributed by atoms with Gasteiger partial charge >= 0.3 is 0 Å². The highest BCUT2D eigenvalue weighted by Gasteiger charge is 2.12. The van der Waals surface area contributed by atoms with Crippen molar-refractivity contribution in [1.29, 1.82) is 0 Å². The van der Waals surface area contributed by atoms with E-state index < -0.39 is 11.7 Å². The van der Waals surface area contributed by atoms with E-state index in [-0.39, 0.29) is 5.56 Å². The molecular formula is C15H13BrFNOS. The Bertz CT molecular complexity index is 592. The SMILES string of the molecule is O=C(NCCSc1ccccc1)c1cccc(Br)c1F. The number of nitrogens with one attached hydrogen (secondary N) is 1. The standard InChI is InChI=1S/C15H13BrFNOS/c16-13-8-4-7-12(14(13)17)15(19)18-9-10-20-11-5-2-1-3-6-11/h1-8H,9-10H2,(H,18,19). The summed E-state index contributed by atoms with van der Waals surface area (Å²) >= 11 is 4.71. The summed E-state index contributed by atoms with van der Waals surface area (Å²) in [7, 11) is 0. The number of rotatable bonds is 5. The zero-order valence-corrected chi connectivity index (χ0v) is 13.0. The van der Waals surface area contributed by atoms with E-state index in [9.17, 15) is 9.18 Å². The van der Waals surface area contributed by atoms with Crippen LogP contribution in [0.5, 0.6) is 0 Å². The van der Waals surface area contributed by atoms with Gasteiger partial charge in [0.05, 0.1) is 10.0 Å². The number of halogens is 2. The molecule has 1 amide bonds. The third kappa shape index (κ3) is 4.08. The smallest absolute Gasteiger partial charge is 0.254 e. The Hall–Kier alpha value is -1.33. The van der Waals surface area contributed by atoms with Gasteiger partial charge in [0, 0.05) is 17.2 Å². The van der Waals surface area contributed by atoms with Gasteiger partial charge in [-0.15, -0.1) is 11.8 Å². The van der Waals surface area contributed by atoms with Crippen molar-refractivity contribution in [3.63, 3.8) is 0 Å². The van der Waals surface area contributed by atoms with Crippen LogP contribution in [0.1, 0.15) is 10.4 Å². The summed E-state index contributed by atoms with van der Waals surface area (Å²) in [5.41, 5.74) is 0.0593. The first kappa shape index (κ1) is 15.1. The molecule has 2 aromatic carbocycles. The van der Waals surface area contributed by atoms with Crippen LogP contribution in [-0.2, 0) is 0 Å². The van der Waals surface area contributed by atoms with Crippen molar-refractivity contribution < 1.29 is 9.18 Å². The number of amides is 1. The topological polar surface area (TPSA) is 29.1 Å². The van der Waals surface area contributed by atoms with Gasteiger partial charge in [0.15, 0.2) is 0 Å². The minimum absolute atomic E-state index is 0.0593. The molecule has 20 heavy (non-hydrogen) atoms. The van der Waals surface area contributed by atoms with Crippen molar-refractivity contribution in [2.24, 2.45) is 0 Å². The Labute approximate surface area is 129 Å². The molecule has 5 heteroatoms. The highest BCUT2D eigenvalue weighted by atomic mass is 79.9. The van der Waals surface area contributed by atoms with Crippen LogP contribution in [-0.4, -0.2) is 18.2 Å². The highest BCUT2D eigenvalue weighted by Crippen LogP contribution is 2.19. The van der Waals surface area contributed by atoms with E-state index in [0.717, 1.165) is 10.6 Å². The molecule has 0 saturated carbocycles. The summed E-state index contributed by atoms with van der Waals surface area (Å²) in [6.07, 6.45) is 0. The molecule has 0 aliphatic carbocycles. The molecule has 0 aliphatic rings. The van der Waals surface area contributed by atoms with Crippen LogP contribution in [0.3, 0.4) is 0 Å². The fraction of sp³-hybridized carbons (Fsp3) is 0.133. The minimum atomic E-state index is -0.527. The van der Waals surface area contributed by atoms with Gasteiger partial charge in [-0.3, -0.25) is 4.79 Å². The summed E-state index contributed by atoms with van der Waals surface area (Å²) in [5.74, 6) is -0.177. The lowest BCUT2D eigenvalue weighted by atomic mass is 10.2. The van der Waals surface area contributed by atoms with E-state index in [2.05, 4.69) is 21.2 Å². The predicted molar refractivity (Wildman–Crippen MR) is 83.6 cm³/mol. The van der Waals surface area contributed by atoms with Crippen molar-refractivity contribution in [2.45, 2.75) is 4.90 Å². The third-order valence-corrected chi connectivity index (χ3v) is 4.22. The molecule has 104 valence electrons. The van der Waals surface area contributed by atoms with Crippen LogP contribution < -0.4 is 5.32 Å². The van der Waals surface area contributed by atoms with Crippen LogP contribution >= 0.6 is 27.7 Å². The first-order valence-electron chi connectivity index (χ1n) is 6.08. The van der Waals surface area contributed by atoms with E-state index in [1.165, 1.54) is 6.07 Å². The zero-order valence-electron chi connectivity index (χ0n) is 10.6. The lowest BCUT2D eigenvalue weighted by Gasteiger charge is -2.07. The third-order valence-electron chi connectivity index (χ3n) is 2.60. The van der Waals surface area contributed by atoms with E-state index in [1.807, 2.05) is 30.3 Å². The van der Waals surface area contributed by atoms with Gasteiger partial charge in [0.1, 0.15) is 5.82 Å². The summed E-state index contributed by atoms with van der Waals surface area (Å²) in [5, 5.41) is 2.72. The lowest BCUT2D eigenvalue weighted by Crippen LogP contribution is -2.26. The maximum absolute atomic E-state index is 13.7. The first-order chi connectivity index (χ1) is 9.68. The molecule has 2 nitrogen and oxygen atoms in total. The summed E-state index contributed by atoms with van der Waals surface area (Å²) in [6.45, 7) is 0.490. The quantitative estimate of drug-likeness (QED) is 0.647. The van der Waals surface area contributed by atoms with Crippen molar-refractivity contribution in [3.05, 3.63) is 64.4 Å². The molecule has 0 spiro atoms. The molecule has 2 aromatic rings. The molecule has 0 aromatic heterocycles. The zero-order chi connectivity index (χ0) is 14.4. The molecule has 0 unspecified atom stereocenters. The summed E-state index contributed by atoms with van der Waals surface area (Å²) < 4.78 is 14.0. The second-order valence-electron chi connectivity index (χ2n) is 4.02. The van der Waals surface area contributed by atoms with Crippen LogP contribution in [0.15, 0.2) is 57.9 Å². The van der Waals surface area contributed by atoms with E-state index in [4.69, 9.17) is 0 Å². The average Bonchev–Trinajstić information content (AvgIpc) is 2.47. The Morgan fingerprint density at radius 3 is 2.65 bits per heavy atom. The molecule has 0 bridgehead atoms. The number of hydrogen-bond acceptors (Lipinski definition) is 2. The van der Waals surface area contributed by atoms with Gasteiger partial charge in [0.25, 0.3) is 5.91 Å². The summed E-state index contributed by atoms with van der Waals surface area (Å²) in [6, 6.07) is 14.6. The Balaban J connectivity index is 1.82. The molecule has 1 N–H and O–H groups in total. The normalized spacial score (nSPS) is 10.3. The van der Waals surface area contributed by atoms with Crippen LogP contribution in [0.2, 0.25) is 0 Å². The highest BCUT2D eigenvalue weighted by molar-refractivity contribution is 9.10. The molecule has 2 rings (SSSR count). The molecule has 0 fully saturated rings. The Kier molecular flexibility index (Phi) is 5.61. The van der Waals surface area contributed by atoms with E-state index >= 15 is 0 Å². The average molecular weight is 354 g/mol. The van der Waals surface area contributed by atoms with Gasteiger partial charge < -0.3 is 5.32 Å². The monoisotopic (exact) mass is 353 g/mol. The second kappa shape index (κ2) is 7.45. The first-order valence-corrected chi connectivity index (χ1v) is 7.86. The predicted octanol–water partition coefficient (Wildman–Crippen LogP) is 4.11. The second-order valence-corrected chi connectivity index (χ2v) is 6.04. The van der Waals surface area contributed by atoms with Crippen LogP contribution in [0, 0.1) is 5.82 Å². The van der Waals surface area contributed by atoms with Crippen LogP contribution in [0.25, 0.3) is 0 Å². The number of thioether (sulfide) groups is 1. The molecule has 0 heterocycles. The molecule has 0 atom stereocenters. The fourth-order valence-corrected chi connectivity index (χ4v) is 2.78. The van der Waals surface area contributed by atoms with E-state index in [1.54, 1.807) is 23.9 Å². The van der Waals surface area contributed by atoms with Crippen molar-refractivity contribution in [1.82, 2.24) is 5.32 Å². The van der Waals surface area contributed by atoms with E-state index in [0.29, 0.717) is 11.0 Å².